The van der Waals surface area contributed by atoms with Crippen molar-refractivity contribution in [2.24, 2.45) is 5.92 Å². The Morgan fingerprint density at radius 3 is 2.60 bits per heavy atom. The molecule has 1 aromatic rings. The van der Waals surface area contributed by atoms with Crippen LogP contribution >= 0.6 is 31.9 Å². The van der Waals surface area contributed by atoms with Crippen molar-refractivity contribution in [2.45, 2.75) is 33.1 Å². The number of nitrogens with one attached hydrogen (secondary N) is 1. The van der Waals surface area contributed by atoms with Crippen molar-refractivity contribution < 1.29 is 4.74 Å². The van der Waals surface area contributed by atoms with E-state index in [9.17, 15) is 0 Å². The smallest absolute Gasteiger partial charge is 0.0587 e. The lowest BCUT2D eigenvalue weighted by Gasteiger charge is -2.13. The number of rotatable bonds is 9. The van der Waals surface area contributed by atoms with E-state index < -0.39 is 0 Å². The van der Waals surface area contributed by atoms with Gasteiger partial charge in [-0.15, -0.1) is 0 Å². The van der Waals surface area contributed by atoms with E-state index in [4.69, 9.17) is 4.74 Å². The van der Waals surface area contributed by atoms with Crippen LogP contribution < -0.4 is 5.32 Å². The highest BCUT2D eigenvalue weighted by Crippen LogP contribution is 2.27. The quantitative estimate of drug-likeness (QED) is 0.599. The van der Waals surface area contributed by atoms with Crippen LogP contribution in [0.2, 0.25) is 0 Å². The second-order valence-electron chi connectivity index (χ2n) is 5.37. The first-order chi connectivity index (χ1) is 9.54. The fourth-order valence-electron chi connectivity index (χ4n) is 2.07. The molecule has 1 rings (SSSR count). The Balaban J connectivity index is 2.30. The lowest BCUT2D eigenvalue weighted by atomic mass is 9.98. The molecule has 0 saturated carbocycles. The van der Waals surface area contributed by atoms with Crippen LogP contribution in [0.5, 0.6) is 0 Å². The first-order valence-corrected chi connectivity index (χ1v) is 8.77. The number of methoxy groups -OCH3 is 1. The van der Waals surface area contributed by atoms with Crippen molar-refractivity contribution in [1.29, 1.82) is 0 Å². The van der Waals surface area contributed by atoms with Gasteiger partial charge in [-0.1, -0.05) is 38.8 Å². The van der Waals surface area contributed by atoms with E-state index in [1.165, 1.54) is 32.9 Å². The normalized spacial score (nSPS) is 12.7. The summed E-state index contributed by atoms with van der Waals surface area (Å²) >= 11 is 7.28. The van der Waals surface area contributed by atoms with Gasteiger partial charge in [-0.2, -0.15) is 0 Å². The van der Waals surface area contributed by atoms with Crippen molar-refractivity contribution in [1.82, 2.24) is 5.32 Å². The van der Waals surface area contributed by atoms with Gasteiger partial charge >= 0.3 is 0 Å². The summed E-state index contributed by atoms with van der Waals surface area (Å²) in [5, 5.41) is 3.40. The van der Waals surface area contributed by atoms with Gasteiger partial charge in [-0.25, -0.2) is 0 Å². The monoisotopic (exact) mass is 405 g/mol. The number of halogens is 2. The van der Waals surface area contributed by atoms with Crippen molar-refractivity contribution in [2.75, 3.05) is 26.8 Å². The molecule has 1 aromatic carbocycles. The zero-order valence-electron chi connectivity index (χ0n) is 12.6. The number of aryl methyl sites for hydroxylation is 2. The summed E-state index contributed by atoms with van der Waals surface area (Å²) in [7, 11) is 1.74. The van der Waals surface area contributed by atoms with Crippen LogP contribution in [0.15, 0.2) is 21.1 Å². The average molecular weight is 407 g/mol. The molecule has 1 N–H and O–H groups in total. The molecule has 0 aromatic heterocycles. The molecule has 0 aliphatic carbocycles. The second kappa shape index (κ2) is 9.93. The zero-order chi connectivity index (χ0) is 15.0. The van der Waals surface area contributed by atoms with Gasteiger partial charge in [0.1, 0.15) is 0 Å². The Hall–Kier alpha value is 0.1000. The summed E-state index contributed by atoms with van der Waals surface area (Å²) < 4.78 is 7.44. The van der Waals surface area contributed by atoms with Crippen LogP contribution in [-0.4, -0.2) is 26.8 Å². The Labute approximate surface area is 139 Å². The minimum Gasteiger partial charge on any atom is -0.383 e. The van der Waals surface area contributed by atoms with Gasteiger partial charge < -0.3 is 10.1 Å². The summed E-state index contributed by atoms with van der Waals surface area (Å²) in [5.74, 6) is 0.733. The Bertz CT molecular complexity index is 410. The highest BCUT2D eigenvalue weighted by atomic mass is 79.9. The van der Waals surface area contributed by atoms with Crippen molar-refractivity contribution in [3.63, 3.8) is 0 Å². The molecule has 0 aliphatic heterocycles. The molecule has 0 heterocycles. The molecule has 20 heavy (non-hydrogen) atoms. The Morgan fingerprint density at radius 2 is 1.90 bits per heavy atom. The Morgan fingerprint density at radius 1 is 1.15 bits per heavy atom. The molecular weight excluding hydrogens is 382 g/mol. The molecule has 1 unspecified atom stereocenters. The maximum absolute atomic E-state index is 5.02. The molecular formula is C16H25Br2NO. The van der Waals surface area contributed by atoms with E-state index in [0.29, 0.717) is 0 Å². The molecule has 114 valence electrons. The van der Waals surface area contributed by atoms with E-state index in [0.717, 1.165) is 32.0 Å². The summed E-state index contributed by atoms with van der Waals surface area (Å²) in [6.07, 6.45) is 3.56. The van der Waals surface area contributed by atoms with Crippen LogP contribution in [0.25, 0.3) is 0 Å². The molecule has 0 fully saturated rings. The molecule has 0 aliphatic rings. The highest BCUT2D eigenvalue weighted by molar-refractivity contribution is 9.11. The van der Waals surface area contributed by atoms with Crippen molar-refractivity contribution >= 4 is 31.9 Å². The maximum Gasteiger partial charge on any atom is 0.0587 e. The van der Waals surface area contributed by atoms with Gasteiger partial charge in [-0.05, 0) is 61.9 Å². The van der Waals surface area contributed by atoms with E-state index in [-0.39, 0.29) is 0 Å². The van der Waals surface area contributed by atoms with Crippen molar-refractivity contribution in [3.05, 3.63) is 32.2 Å². The van der Waals surface area contributed by atoms with E-state index in [2.05, 4.69) is 63.2 Å². The molecule has 0 bridgehead atoms. The van der Waals surface area contributed by atoms with Gasteiger partial charge in [0.05, 0.1) is 6.61 Å². The number of hydrogen-bond donors (Lipinski definition) is 1. The van der Waals surface area contributed by atoms with E-state index >= 15 is 0 Å². The van der Waals surface area contributed by atoms with Crippen molar-refractivity contribution in [3.8, 4) is 0 Å². The fourth-order valence-corrected chi connectivity index (χ4v) is 3.12. The third kappa shape index (κ3) is 6.70. The van der Waals surface area contributed by atoms with E-state index in [1.807, 2.05) is 0 Å². The first-order valence-electron chi connectivity index (χ1n) is 7.18. The lowest BCUT2D eigenvalue weighted by Crippen LogP contribution is -2.21. The topological polar surface area (TPSA) is 21.3 Å². The van der Waals surface area contributed by atoms with Gasteiger partial charge in [0.25, 0.3) is 0 Å². The molecule has 0 amide bonds. The van der Waals surface area contributed by atoms with Gasteiger partial charge in [0.2, 0.25) is 0 Å². The molecule has 0 radical (unpaired) electrons. The van der Waals surface area contributed by atoms with Crippen LogP contribution in [0, 0.1) is 12.8 Å². The van der Waals surface area contributed by atoms with Gasteiger partial charge in [0.15, 0.2) is 0 Å². The first kappa shape index (κ1) is 18.1. The third-order valence-corrected chi connectivity index (χ3v) is 5.12. The molecule has 0 saturated heterocycles. The largest absolute Gasteiger partial charge is 0.383 e. The van der Waals surface area contributed by atoms with Crippen LogP contribution in [0.1, 0.15) is 30.9 Å². The summed E-state index contributed by atoms with van der Waals surface area (Å²) in [6.45, 7) is 7.25. The molecule has 2 nitrogen and oxygen atoms in total. The van der Waals surface area contributed by atoms with Crippen LogP contribution in [0.4, 0.5) is 0 Å². The third-order valence-electron chi connectivity index (χ3n) is 3.53. The minimum atomic E-state index is 0.733. The summed E-state index contributed by atoms with van der Waals surface area (Å²) in [4.78, 5) is 0. The van der Waals surface area contributed by atoms with Crippen LogP contribution in [0.3, 0.4) is 0 Å². The SMILES string of the molecule is COCCNCCC(C)CCc1cc(Br)c(C)cc1Br. The maximum atomic E-state index is 5.02. The minimum absolute atomic E-state index is 0.733. The predicted octanol–water partition coefficient (Wildman–Crippen LogP) is 4.71. The molecule has 0 spiro atoms. The summed E-state index contributed by atoms with van der Waals surface area (Å²) in [5.41, 5.74) is 2.66. The lowest BCUT2D eigenvalue weighted by molar-refractivity contribution is 0.199. The summed E-state index contributed by atoms with van der Waals surface area (Å²) in [6, 6.07) is 4.43. The number of hydrogen-bond acceptors (Lipinski definition) is 2. The fraction of sp³-hybridized carbons (Fsp3) is 0.625. The van der Waals surface area contributed by atoms with Gasteiger partial charge in [0, 0.05) is 22.6 Å². The zero-order valence-corrected chi connectivity index (χ0v) is 15.8. The van der Waals surface area contributed by atoms with Gasteiger partial charge in [-0.3, -0.25) is 0 Å². The molecule has 1 atom stereocenters. The standard InChI is InChI=1S/C16H25Br2NO/c1-12(6-7-19-8-9-20-3)4-5-14-11-15(17)13(2)10-16(14)18/h10-12,19H,4-9H2,1-3H3. The number of ether oxygens (including phenoxy) is 1. The van der Waals surface area contributed by atoms with Crippen LogP contribution in [-0.2, 0) is 11.2 Å². The molecule has 4 heteroatoms. The second-order valence-corrected chi connectivity index (χ2v) is 7.08. The predicted molar refractivity (Wildman–Crippen MR) is 93.4 cm³/mol. The highest BCUT2D eigenvalue weighted by Gasteiger charge is 2.07. The average Bonchev–Trinajstić information content (AvgIpc) is 2.41. The Kier molecular flexibility index (Phi) is 9.01. The number of benzene rings is 1. The van der Waals surface area contributed by atoms with E-state index in [1.54, 1.807) is 7.11 Å².